The van der Waals surface area contributed by atoms with Gasteiger partial charge in [-0.15, -0.1) is 0 Å². The smallest absolute Gasteiger partial charge is 0.273 e. The van der Waals surface area contributed by atoms with Crippen molar-refractivity contribution < 1.29 is 9.66 Å². The van der Waals surface area contributed by atoms with Crippen molar-refractivity contribution in [3.63, 3.8) is 0 Å². The molecule has 5 nitrogen and oxygen atoms in total. The Bertz CT molecular complexity index is 723. The van der Waals surface area contributed by atoms with Gasteiger partial charge in [0.1, 0.15) is 11.5 Å². The van der Waals surface area contributed by atoms with Crippen molar-refractivity contribution in [1.29, 1.82) is 5.26 Å². The predicted molar refractivity (Wildman–Crippen MR) is 76.8 cm³/mol. The van der Waals surface area contributed by atoms with Crippen LogP contribution in [0.3, 0.4) is 0 Å². The van der Waals surface area contributed by atoms with Gasteiger partial charge in [0.05, 0.1) is 22.6 Å². The third-order valence-corrected chi connectivity index (χ3v) is 3.07. The summed E-state index contributed by atoms with van der Waals surface area (Å²) in [7, 11) is 0. The first kappa shape index (κ1) is 14.0. The lowest BCUT2D eigenvalue weighted by Gasteiger charge is -2.09. The van der Waals surface area contributed by atoms with Crippen molar-refractivity contribution in [2.75, 3.05) is 0 Å². The lowest BCUT2D eigenvalue weighted by Crippen LogP contribution is -1.92. The maximum absolute atomic E-state index is 10.8. The van der Waals surface area contributed by atoms with Crippen LogP contribution < -0.4 is 4.74 Å². The number of nitro groups is 1. The highest BCUT2D eigenvalue weighted by Gasteiger charge is 2.11. The zero-order valence-corrected chi connectivity index (χ0v) is 12.0. The van der Waals surface area contributed by atoms with E-state index >= 15 is 0 Å². The average Bonchev–Trinajstić information content (AvgIpc) is 2.40. The van der Waals surface area contributed by atoms with E-state index in [1.54, 1.807) is 31.2 Å². The van der Waals surface area contributed by atoms with E-state index in [9.17, 15) is 10.1 Å². The summed E-state index contributed by atoms with van der Waals surface area (Å²) in [6, 6.07) is 11.4. The van der Waals surface area contributed by atoms with Gasteiger partial charge in [-0.2, -0.15) is 5.26 Å². The third-order valence-electron chi connectivity index (χ3n) is 2.61. The number of aryl methyl sites for hydroxylation is 1. The molecule has 0 saturated heterocycles. The van der Waals surface area contributed by atoms with Crippen molar-refractivity contribution in [1.82, 2.24) is 0 Å². The maximum Gasteiger partial charge on any atom is 0.273 e. The van der Waals surface area contributed by atoms with E-state index in [1.807, 2.05) is 6.07 Å². The second-order valence-corrected chi connectivity index (χ2v) is 5.01. The Hall–Kier alpha value is -2.39. The Morgan fingerprint density at radius 3 is 2.70 bits per heavy atom. The Kier molecular flexibility index (Phi) is 4.01. The van der Waals surface area contributed by atoms with Gasteiger partial charge in [0, 0.05) is 10.5 Å². The largest absolute Gasteiger partial charge is 0.457 e. The van der Waals surface area contributed by atoms with E-state index in [2.05, 4.69) is 15.9 Å². The average molecular weight is 333 g/mol. The van der Waals surface area contributed by atoms with Crippen LogP contribution in [0, 0.1) is 28.4 Å². The van der Waals surface area contributed by atoms with Crippen LogP contribution >= 0.6 is 15.9 Å². The minimum Gasteiger partial charge on any atom is -0.457 e. The van der Waals surface area contributed by atoms with Crippen molar-refractivity contribution in [3.8, 4) is 17.6 Å². The highest BCUT2D eigenvalue weighted by Crippen LogP contribution is 2.30. The summed E-state index contributed by atoms with van der Waals surface area (Å²) >= 11 is 3.28. The van der Waals surface area contributed by atoms with Crippen molar-refractivity contribution >= 4 is 21.6 Å². The standard InChI is InChI=1S/C14H9BrN2O3/c1-9-2-3-12(17(18)19)7-14(9)20-13-5-10(8-16)4-11(15)6-13/h2-7H,1H3. The molecule has 0 amide bonds. The van der Waals surface area contributed by atoms with Crippen molar-refractivity contribution in [2.24, 2.45) is 0 Å². The maximum atomic E-state index is 10.8. The van der Waals surface area contributed by atoms with Gasteiger partial charge in [-0.25, -0.2) is 0 Å². The fourth-order valence-corrected chi connectivity index (χ4v) is 2.10. The van der Waals surface area contributed by atoms with E-state index in [0.29, 0.717) is 21.5 Å². The molecule has 0 aliphatic rings. The Morgan fingerprint density at radius 2 is 2.05 bits per heavy atom. The number of nitro benzene ring substituents is 1. The lowest BCUT2D eigenvalue weighted by atomic mass is 10.2. The number of nitrogens with zero attached hydrogens (tertiary/aromatic N) is 2. The Labute approximate surface area is 123 Å². The van der Waals surface area contributed by atoms with Crippen molar-refractivity contribution in [3.05, 3.63) is 62.1 Å². The molecule has 0 aliphatic heterocycles. The molecule has 0 aliphatic carbocycles. The van der Waals surface area contributed by atoms with Gasteiger partial charge in [-0.3, -0.25) is 10.1 Å². The van der Waals surface area contributed by atoms with Crippen LogP contribution in [0.4, 0.5) is 5.69 Å². The molecular formula is C14H9BrN2O3. The topological polar surface area (TPSA) is 76.2 Å². The molecule has 0 heterocycles. The number of benzene rings is 2. The first-order valence-electron chi connectivity index (χ1n) is 5.63. The van der Waals surface area contributed by atoms with Crippen LogP contribution in [-0.2, 0) is 0 Å². The molecule has 100 valence electrons. The van der Waals surface area contributed by atoms with Crippen LogP contribution in [-0.4, -0.2) is 4.92 Å². The second-order valence-electron chi connectivity index (χ2n) is 4.10. The summed E-state index contributed by atoms with van der Waals surface area (Å²) in [4.78, 5) is 10.3. The molecule has 2 rings (SSSR count). The molecule has 0 aromatic heterocycles. The second kappa shape index (κ2) is 5.72. The normalized spacial score (nSPS) is 9.85. The SMILES string of the molecule is Cc1ccc([N+](=O)[O-])cc1Oc1cc(Br)cc(C#N)c1. The van der Waals surface area contributed by atoms with E-state index < -0.39 is 4.92 Å². The summed E-state index contributed by atoms with van der Waals surface area (Å²) in [5, 5.41) is 19.7. The number of hydrogen-bond donors (Lipinski definition) is 0. The molecule has 0 spiro atoms. The number of hydrogen-bond acceptors (Lipinski definition) is 4. The minimum absolute atomic E-state index is 0.0406. The fraction of sp³-hybridized carbons (Fsp3) is 0.0714. The highest BCUT2D eigenvalue weighted by molar-refractivity contribution is 9.10. The first-order valence-corrected chi connectivity index (χ1v) is 6.42. The summed E-state index contributed by atoms with van der Waals surface area (Å²) in [5.41, 5.74) is 1.17. The van der Waals surface area contributed by atoms with Gasteiger partial charge in [-0.05, 0) is 36.8 Å². The summed E-state index contributed by atoms with van der Waals surface area (Å²) < 4.78 is 6.34. The van der Waals surface area contributed by atoms with Gasteiger partial charge in [-0.1, -0.05) is 15.9 Å². The van der Waals surface area contributed by atoms with Gasteiger partial charge in [0.25, 0.3) is 5.69 Å². The van der Waals surface area contributed by atoms with E-state index in [0.717, 1.165) is 5.56 Å². The molecule has 6 heteroatoms. The zero-order valence-electron chi connectivity index (χ0n) is 10.5. The van der Waals surface area contributed by atoms with Gasteiger partial charge >= 0.3 is 0 Å². The van der Waals surface area contributed by atoms with Crippen LogP contribution in [0.1, 0.15) is 11.1 Å². The molecule has 0 bridgehead atoms. The quantitative estimate of drug-likeness (QED) is 0.619. The van der Waals surface area contributed by atoms with Gasteiger partial charge < -0.3 is 4.74 Å². The Morgan fingerprint density at radius 1 is 1.30 bits per heavy atom. The molecule has 2 aromatic carbocycles. The summed E-state index contributed by atoms with van der Waals surface area (Å²) in [5.74, 6) is 0.834. The lowest BCUT2D eigenvalue weighted by molar-refractivity contribution is -0.384. The zero-order chi connectivity index (χ0) is 14.7. The van der Waals surface area contributed by atoms with Crippen LogP contribution in [0.5, 0.6) is 11.5 Å². The van der Waals surface area contributed by atoms with E-state index in [4.69, 9.17) is 10.00 Å². The molecule has 0 N–H and O–H groups in total. The number of rotatable bonds is 3. The van der Waals surface area contributed by atoms with Crippen LogP contribution in [0.2, 0.25) is 0 Å². The minimum atomic E-state index is -0.478. The summed E-state index contributed by atoms with van der Waals surface area (Å²) in [6.07, 6.45) is 0. The third kappa shape index (κ3) is 3.13. The number of non-ortho nitro benzene ring substituents is 1. The number of nitriles is 1. The molecular weight excluding hydrogens is 324 g/mol. The molecule has 20 heavy (non-hydrogen) atoms. The first-order chi connectivity index (χ1) is 9.49. The Balaban J connectivity index is 2.39. The van der Waals surface area contributed by atoms with E-state index in [-0.39, 0.29) is 5.69 Å². The predicted octanol–water partition coefficient (Wildman–Crippen LogP) is 4.33. The van der Waals surface area contributed by atoms with Gasteiger partial charge in [0.2, 0.25) is 0 Å². The van der Waals surface area contributed by atoms with Crippen molar-refractivity contribution in [2.45, 2.75) is 6.92 Å². The molecule has 2 aromatic rings. The van der Waals surface area contributed by atoms with Gasteiger partial charge in [0.15, 0.2) is 0 Å². The number of halogens is 1. The molecule has 0 fully saturated rings. The number of ether oxygens (including phenoxy) is 1. The van der Waals surface area contributed by atoms with Crippen LogP contribution in [0.25, 0.3) is 0 Å². The van der Waals surface area contributed by atoms with E-state index in [1.165, 1.54) is 12.1 Å². The highest BCUT2D eigenvalue weighted by atomic mass is 79.9. The molecule has 0 radical (unpaired) electrons. The monoisotopic (exact) mass is 332 g/mol. The molecule has 0 saturated carbocycles. The van der Waals surface area contributed by atoms with Crippen LogP contribution in [0.15, 0.2) is 40.9 Å². The fourth-order valence-electron chi connectivity index (χ4n) is 1.63. The molecule has 0 unspecified atom stereocenters. The summed E-state index contributed by atoms with van der Waals surface area (Å²) in [6.45, 7) is 1.79. The molecule has 0 atom stereocenters.